The van der Waals surface area contributed by atoms with E-state index in [1.807, 2.05) is 6.07 Å². The van der Waals surface area contributed by atoms with Crippen molar-refractivity contribution < 1.29 is 4.79 Å². The molecule has 0 radical (unpaired) electrons. The van der Waals surface area contributed by atoms with Crippen molar-refractivity contribution in [3.8, 4) is 6.07 Å². The van der Waals surface area contributed by atoms with Crippen LogP contribution in [0.2, 0.25) is 0 Å². The molecular weight excluding hydrogens is 228 g/mol. The zero-order chi connectivity index (χ0) is 13.0. The molecule has 94 valence electrons. The zero-order valence-corrected chi connectivity index (χ0v) is 10.1. The molecule has 2 rings (SSSR count). The number of carbonyl (C=O) groups is 1. The Labute approximate surface area is 106 Å². The third kappa shape index (κ3) is 2.99. The highest BCUT2D eigenvalue weighted by molar-refractivity contribution is 5.89. The van der Waals surface area contributed by atoms with Gasteiger partial charge in [-0.3, -0.25) is 0 Å². The van der Waals surface area contributed by atoms with Gasteiger partial charge in [0.1, 0.15) is 0 Å². The maximum Gasteiger partial charge on any atom is 0.321 e. The van der Waals surface area contributed by atoms with Gasteiger partial charge in [-0.05, 0) is 37.1 Å². The number of benzene rings is 1. The average Bonchev–Trinajstić information content (AvgIpc) is 2.39. The summed E-state index contributed by atoms with van der Waals surface area (Å²) in [5.74, 6) is 0. The first-order valence-electron chi connectivity index (χ1n) is 6.00. The number of rotatable bonds is 1. The van der Waals surface area contributed by atoms with E-state index in [9.17, 15) is 4.79 Å². The van der Waals surface area contributed by atoms with E-state index in [2.05, 4.69) is 5.32 Å². The largest absolute Gasteiger partial charge is 0.326 e. The van der Waals surface area contributed by atoms with Gasteiger partial charge in [0.05, 0.1) is 11.6 Å². The molecule has 1 heterocycles. The van der Waals surface area contributed by atoms with E-state index < -0.39 is 0 Å². The first-order valence-corrected chi connectivity index (χ1v) is 6.00. The van der Waals surface area contributed by atoms with Crippen LogP contribution < -0.4 is 11.1 Å². The van der Waals surface area contributed by atoms with Crippen molar-refractivity contribution in [2.45, 2.75) is 18.9 Å². The lowest BCUT2D eigenvalue weighted by Gasteiger charge is -2.30. The summed E-state index contributed by atoms with van der Waals surface area (Å²) in [5, 5.41) is 11.5. The van der Waals surface area contributed by atoms with Gasteiger partial charge in [0.2, 0.25) is 0 Å². The highest BCUT2D eigenvalue weighted by Crippen LogP contribution is 2.13. The van der Waals surface area contributed by atoms with Crippen LogP contribution >= 0.6 is 0 Å². The molecule has 5 heteroatoms. The number of nitriles is 1. The minimum atomic E-state index is -0.130. The fourth-order valence-corrected chi connectivity index (χ4v) is 2.03. The monoisotopic (exact) mass is 244 g/mol. The van der Waals surface area contributed by atoms with Crippen molar-refractivity contribution >= 4 is 11.7 Å². The van der Waals surface area contributed by atoms with Gasteiger partial charge in [0.25, 0.3) is 0 Å². The van der Waals surface area contributed by atoms with Crippen LogP contribution in [0.25, 0.3) is 0 Å². The van der Waals surface area contributed by atoms with Crippen LogP contribution in [0, 0.1) is 11.3 Å². The van der Waals surface area contributed by atoms with Gasteiger partial charge in [-0.2, -0.15) is 5.26 Å². The molecule has 0 saturated carbocycles. The number of carbonyl (C=O) groups excluding carboxylic acids is 1. The first kappa shape index (κ1) is 12.4. The second-order valence-electron chi connectivity index (χ2n) is 4.47. The van der Waals surface area contributed by atoms with Gasteiger partial charge in [0.15, 0.2) is 0 Å². The average molecular weight is 244 g/mol. The van der Waals surface area contributed by atoms with E-state index in [0.29, 0.717) is 17.8 Å². The second kappa shape index (κ2) is 5.52. The standard InChI is InChI=1S/C13H16N4O/c14-8-10-3-5-12(6-4-10)16-13(18)17-7-1-2-11(15)9-17/h3-6,11H,1-2,7,9,15H2,(H,16,18). The topological polar surface area (TPSA) is 82.2 Å². The number of likely N-dealkylation sites (tertiary alicyclic amines) is 1. The van der Waals surface area contributed by atoms with Gasteiger partial charge >= 0.3 is 6.03 Å². The van der Waals surface area contributed by atoms with Crippen LogP contribution in [0.3, 0.4) is 0 Å². The Morgan fingerprint density at radius 3 is 2.78 bits per heavy atom. The molecule has 0 aliphatic carbocycles. The molecule has 1 saturated heterocycles. The van der Waals surface area contributed by atoms with Gasteiger partial charge in [-0.1, -0.05) is 0 Å². The smallest absolute Gasteiger partial charge is 0.321 e. The lowest BCUT2D eigenvalue weighted by molar-refractivity contribution is 0.193. The normalized spacial score (nSPS) is 19.1. The second-order valence-corrected chi connectivity index (χ2v) is 4.47. The first-order chi connectivity index (χ1) is 8.69. The van der Waals surface area contributed by atoms with Crippen LogP contribution in [0.15, 0.2) is 24.3 Å². The van der Waals surface area contributed by atoms with Crippen molar-refractivity contribution in [3.05, 3.63) is 29.8 Å². The van der Waals surface area contributed by atoms with E-state index >= 15 is 0 Å². The predicted octanol–water partition coefficient (Wildman–Crippen LogP) is 1.51. The minimum absolute atomic E-state index is 0.0745. The summed E-state index contributed by atoms with van der Waals surface area (Å²) in [5.41, 5.74) is 7.11. The van der Waals surface area contributed by atoms with Crippen molar-refractivity contribution in [1.29, 1.82) is 5.26 Å². The molecule has 2 amide bonds. The summed E-state index contributed by atoms with van der Waals surface area (Å²) < 4.78 is 0. The number of hydrogen-bond acceptors (Lipinski definition) is 3. The summed E-state index contributed by atoms with van der Waals surface area (Å²) in [7, 11) is 0. The van der Waals surface area contributed by atoms with Crippen LogP contribution in [0.1, 0.15) is 18.4 Å². The van der Waals surface area contributed by atoms with Crippen LogP contribution in [0.4, 0.5) is 10.5 Å². The number of amides is 2. The van der Waals surface area contributed by atoms with Crippen molar-refractivity contribution in [1.82, 2.24) is 4.90 Å². The summed E-state index contributed by atoms with van der Waals surface area (Å²) in [6, 6.07) is 8.78. The lowest BCUT2D eigenvalue weighted by atomic mass is 10.1. The Morgan fingerprint density at radius 1 is 1.44 bits per heavy atom. The number of urea groups is 1. The van der Waals surface area contributed by atoms with E-state index in [1.165, 1.54) is 0 Å². The molecule has 1 atom stereocenters. The molecule has 3 N–H and O–H groups in total. The fourth-order valence-electron chi connectivity index (χ4n) is 2.03. The minimum Gasteiger partial charge on any atom is -0.326 e. The Balaban J connectivity index is 1.96. The Hall–Kier alpha value is -2.06. The summed E-state index contributed by atoms with van der Waals surface area (Å²) in [4.78, 5) is 13.7. The third-order valence-electron chi connectivity index (χ3n) is 3.01. The number of nitrogens with two attached hydrogens (primary N) is 1. The van der Waals surface area contributed by atoms with E-state index in [1.54, 1.807) is 29.2 Å². The molecule has 5 nitrogen and oxygen atoms in total. The molecule has 1 aliphatic heterocycles. The molecule has 1 fully saturated rings. The van der Waals surface area contributed by atoms with Crippen LogP contribution in [-0.2, 0) is 0 Å². The Morgan fingerprint density at radius 2 is 2.17 bits per heavy atom. The van der Waals surface area contributed by atoms with Gasteiger partial charge in [-0.25, -0.2) is 4.79 Å². The van der Waals surface area contributed by atoms with Gasteiger partial charge in [-0.15, -0.1) is 0 Å². The van der Waals surface area contributed by atoms with E-state index in [-0.39, 0.29) is 12.1 Å². The van der Waals surface area contributed by atoms with Crippen LogP contribution in [0.5, 0.6) is 0 Å². The highest BCUT2D eigenvalue weighted by atomic mass is 16.2. The van der Waals surface area contributed by atoms with Gasteiger partial charge < -0.3 is 16.0 Å². The van der Waals surface area contributed by atoms with Crippen molar-refractivity contribution in [2.24, 2.45) is 5.73 Å². The molecule has 18 heavy (non-hydrogen) atoms. The number of nitrogens with one attached hydrogen (secondary N) is 1. The van der Waals surface area contributed by atoms with Crippen molar-refractivity contribution in [3.63, 3.8) is 0 Å². The molecule has 0 spiro atoms. The summed E-state index contributed by atoms with van der Waals surface area (Å²) >= 11 is 0. The Kier molecular flexibility index (Phi) is 3.80. The molecule has 1 aliphatic rings. The van der Waals surface area contributed by atoms with E-state index in [0.717, 1.165) is 19.4 Å². The SMILES string of the molecule is N#Cc1ccc(NC(=O)N2CCCC(N)C2)cc1. The molecule has 1 aromatic rings. The fraction of sp³-hybridized carbons (Fsp3) is 0.385. The number of hydrogen-bond donors (Lipinski definition) is 2. The lowest BCUT2D eigenvalue weighted by Crippen LogP contribution is -2.47. The molecule has 1 unspecified atom stereocenters. The number of anilines is 1. The number of nitrogens with zero attached hydrogens (tertiary/aromatic N) is 2. The molecule has 0 bridgehead atoms. The molecule has 0 aromatic heterocycles. The zero-order valence-electron chi connectivity index (χ0n) is 10.1. The van der Waals surface area contributed by atoms with Crippen molar-refractivity contribution in [2.75, 3.05) is 18.4 Å². The molecule has 1 aromatic carbocycles. The van der Waals surface area contributed by atoms with Gasteiger partial charge in [0, 0.05) is 24.8 Å². The highest BCUT2D eigenvalue weighted by Gasteiger charge is 2.20. The Bertz CT molecular complexity index is 463. The summed E-state index contributed by atoms with van der Waals surface area (Å²) in [6.45, 7) is 1.35. The molecular formula is C13H16N4O. The van der Waals surface area contributed by atoms with Crippen LogP contribution in [-0.4, -0.2) is 30.1 Å². The maximum absolute atomic E-state index is 12.0. The quantitative estimate of drug-likeness (QED) is 0.785. The predicted molar refractivity (Wildman–Crippen MR) is 69.0 cm³/mol. The van der Waals surface area contributed by atoms with E-state index in [4.69, 9.17) is 11.0 Å². The maximum atomic E-state index is 12.0. The number of piperidine rings is 1. The summed E-state index contributed by atoms with van der Waals surface area (Å²) in [6.07, 6.45) is 1.92. The third-order valence-corrected chi connectivity index (χ3v) is 3.01.